The van der Waals surface area contributed by atoms with Crippen LogP contribution in [0.3, 0.4) is 0 Å². The molecule has 4 nitrogen and oxygen atoms in total. The summed E-state index contributed by atoms with van der Waals surface area (Å²) >= 11 is 5.99. The topological polar surface area (TPSA) is 66.4 Å². The van der Waals surface area contributed by atoms with Crippen LogP contribution in [0.25, 0.3) is 0 Å². The minimum atomic E-state index is -0.835. The monoisotopic (exact) mass is 325 g/mol. The van der Waals surface area contributed by atoms with Gasteiger partial charge in [0.05, 0.1) is 16.6 Å². The summed E-state index contributed by atoms with van der Waals surface area (Å²) < 4.78 is 0. The molecule has 22 heavy (non-hydrogen) atoms. The second-order valence-corrected chi connectivity index (χ2v) is 6.53. The zero-order valence-electron chi connectivity index (χ0n) is 13.3. The minimum Gasteiger partial charge on any atom is -0.481 e. The van der Waals surface area contributed by atoms with Crippen LogP contribution < -0.4 is 5.32 Å². The van der Waals surface area contributed by atoms with E-state index in [9.17, 15) is 14.7 Å². The lowest BCUT2D eigenvalue weighted by Crippen LogP contribution is -2.26. The van der Waals surface area contributed by atoms with Crippen LogP contribution in [-0.2, 0) is 9.59 Å². The average Bonchev–Trinajstić information content (AvgIpc) is 2.40. The molecule has 2 atom stereocenters. The molecule has 0 aromatic heterocycles. The van der Waals surface area contributed by atoms with E-state index < -0.39 is 11.9 Å². The molecule has 0 heterocycles. The Morgan fingerprint density at radius 2 is 1.82 bits per heavy atom. The number of nitrogens with one attached hydrogen (secondary N) is 1. The number of amides is 1. The van der Waals surface area contributed by atoms with Crippen LogP contribution in [0.5, 0.6) is 0 Å². The van der Waals surface area contributed by atoms with Crippen molar-refractivity contribution in [2.24, 2.45) is 17.8 Å². The fraction of sp³-hybridized carbons (Fsp3) is 0.529. The van der Waals surface area contributed by atoms with Crippen LogP contribution in [-0.4, -0.2) is 17.0 Å². The maximum Gasteiger partial charge on any atom is 0.306 e. The molecule has 0 saturated heterocycles. The molecule has 5 heteroatoms. The van der Waals surface area contributed by atoms with Crippen LogP contribution in [0.15, 0.2) is 24.3 Å². The maximum atomic E-state index is 12.1. The molecule has 0 unspecified atom stereocenters. The van der Waals surface area contributed by atoms with E-state index in [1.165, 1.54) is 0 Å². The van der Waals surface area contributed by atoms with E-state index in [1.54, 1.807) is 24.3 Å². The molecule has 122 valence electrons. The molecule has 0 aliphatic rings. The fourth-order valence-corrected chi connectivity index (χ4v) is 2.55. The first-order valence-electron chi connectivity index (χ1n) is 7.58. The van der Waals surface area contributed by atoms with Crippen LogP contribution in [0.1, 0.15) is 40.0 Å². The van der Waals surface area contributed by atoms with E-state index in [0.717, 1.165) is 6.42 Å². The second-order valence-electron chi connectivity index (χ2n) is 6.13. The first-order chi connectivity index (χ1) is 10.3. The van der Waals surface area contributed by atoms with Crippen molar-refractivity contribution in [1.29, 1.82) is 0 Å². The van der Waals surface area contributed by atoms with Crippen molar-refractivity contribution < 1.29 is 14.7 Å². The van der Waals surface area contributed by atoms with Gasteiger partial charge in [-0.15, -0.1) is 0 Å². The third-order valence-electron chi connectivity index (χ3n) is 3.71. The van der Waals surface area contributed by atoms with Crippen LogP contribution >= 0.6 is 11.6 Å². The van der Waals surface area contributed by atoms with Gasteiger partial charge in [0.1, 0.15) is 0 Å². The molecule has 1 aromatic carbocycles. The third kappa shape index (κ3) is 6.06. The zero-order chi connectivity index (χ0) is 16.7. The number of halogens is 1. The normalized spacial score (nSPS) is 13.7. The molecule has 0 saturated carbocycles. The number of para-hydroxylation sites is 1. The van der Waals surface area contributed by atoms with Gasteiger partial charge < -0.3 is 10.4 Å². The van der Waals surface area contributed by atoms with E-state index >= 15 is 0 Å². The van der Waals surface area contributed by atoms with Gasteiger partial charge in [0.2, 0.25) is 5.91 Å². The summed E-state index contributed by atoms with van der Waals surface area (Å²) in [5, 5.41) is 12.6. The molecule has 0 fully saturated rings. The highest BCUT2D eigenvalue weighted by molar-refractivity contribution is 6.33. The molecule has 0 spiro atoms. The summed E-state index contributed by atoms with van der Waals surface area (Å²) in [7, 11) is 0. The molecule has 0 bridgehead atoms. The third-order valence-corrected chi connectivity index (χ3v) is 4.04. The highest BCUT2D eigenvalue weighted by Crippen LogP contribution is 2.25. The summed E-state index contributed by atoms with van der Waals surface area (Å²) in [6.07, 6.45) is 1.60. The van der Waals surface area contributed by atoms with Gasteiger partial charge in [-0.1, -0.05) is 50.9 Å². The highest BCUT2D eigenvalue weighted by Gasteiger charge is 2.26. The van der Waals surface area contributed by atoms with Crippen molar-refractivity contribution in [3.63, 3.8) is 0 Å². The van der Waals surface area contributed by atoms with Crippen molar-refractivity contribution in [2.45, 2.75) is 40.0 Å². The smallest absolute Gasteiger partial charge is 0.306 e. The number of aliphatic carboxylic acids is 1. The van der Waals surface area contributed by atoms with Crippen molar-refractivity contribution >= 4 is 29.2 Å². The number of carbonyl (C=O) groups excluding carboxylic acids is 1. The second kappa shape index (κ2) is 8.79. The Labute approximate surface area is 136 Å². The number of benzene rings is 1. The molecule has 0 radical (unpaired) electrons. The molecule has 2 N–H and O–H groups in total. The minimum absolute atomic E-state index is 0.167. The zero-order valence-corrected chi connectivity index (χ0v) is 14.1. The lowest BCUT2D eigenvalue weighted by Gasteiger charge is -2.20. The Bertz CT molecular complexity index is 516. The van der Waals surface area contributed by atoms with Crippen LogP contribution in [0.2, 0.25) is 5.02 Å². The van der Waals surface area contributed by atoms with Gasteiger partial charge >= 0.3 is 5.97 Å². The molecular formula is C17H24ClNO3. The molecule has 0 aliphatic carbocycles. The van der Waals surface area contributed by atoms with Crippen molar-refractivity contribution in [3.05, 3.63) is 29.3 Å². The van der Waals surface area contributed by atoms with Crippen molar-refractivity contribution in [1.82, 2.24) is 0 Å². The SMILES string of the molecule is CC(C)CC[C@@H](C(=O)O)[C@H](C)CC(=O)Nc1ccccc1Cl. The van der Waals surface area contributed by atoms with Crippen molar-refractivity contribution in [2.75, 3.05) is 5.32 Å². The number of rotatable bonds is 8. The number of carboxylic acid groups (broad SMARTS) is 1. The highest BCUT2D eigenvalue weighted by atomic mass is 35.5. The lowest BCUT2D eigenvalue weighted by molar-refractivity contribution is -0.144. The Balaban J connectivity index is 2.61. The van der Waals surface area contributed by atoms with Gasteiger partial charge in [0, 0.05) is 6.42 Å². The van der Waals surface area contributed by atoms with Crippen molar-refractivity contribution in [3.8, 4) is 0 Å². The maximum absolute atomic E-state index is 12.1. The standard InChI is InChI=1S/C17H24ClNO3/c1-11(2)8-9-13(17(21)22)12(3)10-16(20)19-15-7-5-4-6-14(15)18/h4-7,11-13H,8-10H2,1-3H3,(H,19,20)(H,21,22)/t12-,13-/m1/s1. The lowest BCUT2D eigenvalue weighted by atomic mass is 9.85. The summed E-state index contributed by atoms with van der Waals surface area (Å²) in [6, 6.07) is 6.99. The number of anilines is 1. The summed E-state index contributed by atoms with van der Waals surface area (Å²) in [4.78, 5) is 23.5. The summed E-state index contributed by atoms with van der Waals surface area (Å²) in [5.74, 6) is -1.32. The van der Waals surface area contributed by atoms with Gasteiger partial charge in [-0.05, 0) is 30.4 Å². The molecule has 1 aromatic rings. The van der Waals surface area contributed by atoms with Gasteiger partial charge in [-0.3, -0.25) is 9.59 Å². The Hall–Kier alpha value is -1.55. The molecule has 0 aliphatic heterocycles. The Kier molecular flexibility index (Phi) is 7.39. The summed E-state index contributed by atoms with van der Waals surface area (Å²) in [5.41, 5.74) is 0.551. The molecule has 1 amide bonds. The van der Waals surface area contributed by atoms with Gasteiger partial charge in [0.15, 0.2) is 0 Å². The number of carbonyl (C=O) groups is 2. The van der Waals surface area contributed by atoms with Gasteiger partial charge in [-0.2, -0.15) is 0 Å². The average molecular weight is 326 g/mol. The first kappa shape index (κ1) is 18.5. The van der Waals surface area contributed by atoms with Crippen LogP contribution in [0, 0.1) is 17.8 Å². The van der Waals surface area contributed by atoms with E-state index in [-0.39, 0.29) is 18.2 Å². The van der Waals surface area contributed by atoms with Crippen LogP contribution in [0.4, 0.5) is 5.69 Å². The predicted molar refractivity (Wildman–Crippen MR) is 89.1 cm³/mol. The molecule has 1 rings (SSSR count). The number of hydrogen-bond donors (Lipinski definition) is 2. The van der Waals surface area contributed by atoms with E-state index in [0.29, 0.717) is 23.0 Å². The Morgan fingerprint density at radius 1 is 1.18 bits per heavy atom. The van der Waals surface area contributed by atoms with E-state index in [2.05, 4.69) is 19.2 Å². The fourth-order valence-electron chi connectivity index (χ4n) is 2.36. The number of hydrogen-bond acceptors (Lipinski definition) is 2. The predicted octanol–water partition coefficient (Wildman–Crippen LogP) is 4.44. The van der Waals surface area contributed by atoms with Gasteiger partial charge in [0.25, 0.3) is 0 Å². The number of carboxylic acids is 1. The summed E-state index contributed by atoms with van der Waals surface area (Å²) in [6.45, 7) is 5.94. The Morgan fingerprint density at radius 3 is 2.36 bits per heavy atom. The van der Waals surface area contributed by atoms with Gasteiger partial charge in [-0.25, -0.2) is 0 Å². The first-order valence-corrected chi connectivity index (χ1v) is 7.96. The quantitative estimate of drug-likeness (QED) is 0.742. The van der Waals surface area contributed by atoms with E-state index in [4.69, 9.17) is 11.6 Å². The molecular weight excluding hydrogens is 302 g/mol. The largest absolute Gasteiger partial charge is 0.481 e. The van der Waals surface area contributed by atoms with E-state index in [1.807, 2.05) is 6.92 Å².